The molecule has 0 atom stereocenters. The van der Waals surface area contributed by atoms with Crippen molar-refractivity contribution in [1.29, 1.82) is 0 Å². The fourth-order valence-corrected chi connectivity index (χ4v) is 3.82. The van der Waals surface area contributed by atoms with Crippen molar-refractivity contribution in [3.8, 4) is 5.75 Å². The fraction of sp³-hybridized carbons (Fsp3) is 0.250. The molecule has 0 bridgehead atoms. The Bertz CT molecular complexity index is 677. The van der Waals surface area contributed by atoms with E-state index >= 15 is 0 Å². The summed E-state index contributed by atoms with van der Waals surface area (Å²) in [5.74, 6) is 0.829. The summed E-state index contributed by atoms with van der Waals surface area (Å²) in [6.45, 7) is 4.59. The highest BCUT2D eigenvalue weighted by atomic mass is 79.9. The molecule has 0 aliphatic carbocycles. The maximum Gasteiger partial charge on any atom is 0.138 e. The van der Waals surface area contributed by atoms with E-state index in [1.165, 1.54) is 0 Å². The van der Waals surface area contributed by atoms with Crippen molar-refractivity contribution in [3.05, 3.63) is 54.9 Å². The van der Waals surface area contributed by atoms with Crippen molar-refractivity contribution in [2.24, 2.45) is 0 Å². The van der Waals surface area contributed by atoms with Gasteiger partial charge in [0, 0.05) is 21.6 Å². The SMILES string of the molecule is CC(C)Oc1c(Br)cc(Br)cc1CNc1ccc(Cl)cc1Cl. The number of halogens is 4. The first-order valence-electron chi connectivity index (χ1n) is 6.70. The highest BCUT2D eigenvalue weighted by molar-refractivity contribution is 9.11. The Balaban J connectivity index is 2.24. The average Bonchev–Trinajstić information content (AvgIpc) is 2.41. The number of nitrogens with one attached hydrogen (secondary N) is 1. The van der Waals surface area contributed by atoms with Crippen LogP contribution >= 0.6 is 55.1 Å². The van der Waals surface area contributed by atoms with E-state index in [0.717, 1.165) is 25.9 Å². The lowest BCUT2D eigenvalue weighted by molar-refractivity contribution is 0.238. The second-order valence-electron chi connectivity index (χ2n) is 5.02. The summed E-state index contributed by atoms with van der Waals surface area (Å²) in [5.41, 5.74) is 1.86. The molecule has 0 radical (unpaired) electrons. The van der Waals surface area contributed by atoms with Crippen LogP contribution in [0.2, 0.25) is 10.0 Å². The van der Waals surface area contributed by atoms with Gasteiger partial charge >= 0.3 is 0 Å². The van der Waals surface area contributed by atoms with Crippen molar-refractivity contribution in [2.45, 2.75) is 26.5 Å². The Morgan fingerprint density at radius 1 is 1.14 bits per heavy atom. The molecule has 0 saturated carbocycles. The first kappa shape index (κ1) is 17.9. The Kier molecular flexibility index (Phi) is 6.45. The van der Waals surface area contributed by atoms with Crippen molar-refractivity contribution >= 4 is 60.7 Å². The lowest BCUT2D eigenvalue weighted by Gasteiger charge is -2.18. The number of hydrogen-bond acceptors (Lipinski definition) is 2. The summed E-state index contributed by atoms with van der Waals surface area (Å²) < 4.78 is 7.80. The molecule has 22 heavy (non-hydrogen) atoms. The maximum absolute atomic E-state index is 6.19. The van der Waals surface area contributed by atoms with E-state index in [9.17, 15) is 0 Å². The predicted molar refractivity (Wildman–Crippen MR) is 101 cm³/mol. The van der Waals surface area contributed by atoms with Crippen molar-refractivity contribution in [3.63, 3.8) is 0 Å². The molecule has 2 rings (SSSR count). The van der Waals surface area contributed by atoms with E-state index < -0.39 is 0 Å². The largest absolute Gasteiger partial charge is 0.489 e. The van der Waals surface area contributed by atoms with Crippen molar-refractivity contribution in [1.82, 2.24) is 0 Å². The molecule has 0 fully saturated rings. The van der Waals surface area contributed by atoms with Gasteiger partial charge in [-0.1, -0.05) is 39.1 Å². The van der Waals surface area contributed by atoms with Crippen LogP contribution in [-0.4, -0.2) is 6.10 Å². The molecule has 118 valence electrons. The Hall–Kier alpha value is -0.420. The molecule has 0 amide bonds. The van der Waals surface area contributed by atoms with E-state index in [1.54, 1.807) is 12.1 Å². The smallest absolute Gasteiger partial charge is 0.138 e. The van der Waals surface area contributed by atoms with Gasteiger partial charge in [-0.15, -0.1) is 0 Å². The van der Waals surface area contributed by atoms with Crippen LogP contribution in [0, 0.1) is 0 Å². The van der Waals surface area contributed by atoms with Crippen LogP contribution < -0.4 is 10.1 Å². The van der Waals surface area contributed by atoms with Crippen molar-refractivity contribution in [2.75, 3.05) is 5.32 Å². The minimum Gasteiger partial charge on any atom is -0.489 e. The minimum absolute atomic E-state index is 0.0929. The summed E-state index contributed by atoms with van der Waals surface area (Å²) in [5, 5.41) is 4.52. The number of hydrogen-bond donors (Lipinski definition) is 1. The molecule has 6 heteroatoms. The maximum atomic E-state index is 6.19. The van der Waals surface area contributed by atoms with Crippen LogP contribution in [0.4, 0.5) is 5.69 Å². The molecule has 0 spiro atoms. The molecule has 0 aliphatic rings. The fourth-order valence-electron chi connectivity index (χ4n) is 1.94. The van der Waals surface area contributed by atoms with Gasteiger partial charge in [-0.05, 0) is 60.1 Å². The van der Waals surface area contributed by atoms with Crippen LogP contribution in [0.3, 0.4) is 0 Å². The molecule has 0 unspecified atom stereocenters. The zero-order valence-electron chi connectivity index (χ0n) is 12.1. The Morgan fingerprint density at radius 2 is 1.86 bits per heavy atom. The van der Waals surface area contributed by atoms with Gasteiger partial charge in [0.2, 0.25) is 0 Å². The highest BCUT2D eigenvalue weighted by Gasteiger charge is 2.12. The number of rotatable bonds is 5. The molecular formula is C16H15Br2Cl2NO. The van der Waals surface area contributed by atoms with Gasteiger partial charge in [-0.3, -0.25) is 0 Å². The second kappa shape index (κ2) is 7.91. The van der Waals surface area contributed by atoms with E-state index in [0.29, 0.717) is 16.6 Å². The minimum atomic E-state index is 0.0929. The molecule has 1 N–H and O–H groups in total. The molecule has 0 saturated heterocycles. The number of benzene rings is 2. The Morgan fingerprint density at radius 3 is 2.50 bits per heavy atom. The lowest BCUT2D eigenvalue weighted by atomic mass is 10.2. The van der Waals surface area contributed by atoms with Gasteiger partial charge < -0.3 is 10.1 Å². The first-order chi connectivity index (χ1) is 10.4. The zero-order chi connectivity index (χ0) is 16.3. The van der Waals surface area contributed by atoms with Gasteiger partial charge in [-0.25, -0.2) is 0 Å². The first-order valence-corrected chi connectivity index (χ1v) is 9.04. The summed E-state index contributed by atoms with van der Waals surface area (Å²) in [4.78, 5) is 0. The van der Waals surface area contributed by atoms with Crippen LogP contribution in [0.1, 0.15) is 19.4 Å². The standard InChI is InChI=1S/C16H15Br2Cl2NO/c1-9(2)22-16-10(5-11(17)6-13(16)18)8-21-15-4-3-12(19)7-14(15)20/h3-7,9,21H,8H2,1-2H3. The summed E-state index contributed by atoms with van der Waals surface area (Å²) in [7, 11) is 0. The van der Waals surface area contributed by atoms with E-state index in [1.807, 2.05) is 32.0 Å². The zero-order valence-corrected chi connectivity index (χ0v) is 16.8. The highest BCUT2D eigenvalue weighted by Crippen LogP contribution is 2.35. The number of ether oxygens (including phenoxy) is 1. The van der Waals surface area contributed by atoms with Gasteiger partial charge in [0.05, 0.1) is 21.3 Å². The third-order valence-electron chi connectivity index (χ3n) is 2.84. The van der Waals surface area contributed by atoms with Gasteiger partial charge in [0.15, 0.2) is 0 Å². The van der Waals surface area contributed by atoms with Gasteiger partial charge in [0.25, 0.3) is 0 Å². The summed E-state index contributed by atoms with van der Waals surface area (Å²) in [6.07, 6.45) is 0.0929. The molecular weight excluding hydrogens is 453 g/mol. The average molecular weight is 468 g/mol. The second-order valence-corrected chi connectivity index (χ2v) is 7.63. The molecule has 0 aromatic heterocycles. The topological polar surface area (TPSA) is 21.3 Å². The summed E-state index contributed by atoms with van der Waals surface area (Å²) in [6, 6.07) is 9.38. The monoisotopic (exact) mass is 465 g/mol. The Labute approximate surface area is 157 Å². The van der Waals surface area contributed by atoms with Gasteiger partial charge in [0.1, 0.15) is 5.75 Å². The van der Waals surface area contributed by atoms with Crippen LogP contribution in [0.5, 0.6) is 5.75 Å². The van der Waals surface area contributed by atoms with Crippen LogP contribution in [0.25, 0.3) is 0 Å². The van der Waals surface area contributed by atoms with Crippen molar-refractivity contribution < 1.29 is 4.74 Å². The number of anilines is 1. The molecule has 2 aromatic carbocycles. The summed E-state index contributed by atoms with van der Waals surface area (Å²) >= 11 is 19.2. The molecule has 2 nitrogen and oxygen atoms in total. The quantitative estimate of drug-likeness (QED) is 0.515. The van der Waals surface area contributed by atoms with E-state index in [-0.39, 0.29) is 6.10 Å². The van der Waals surface area contributed by atoms with E-state index in [2.05, 4.69) is 37.2 Å². The third kappa shape index (κ3) is 4.79. The van der Waals surface area contributed by atoms with Crippen LogP contribution in [-0.2, 0) is 6.54 Å². The van der Waals surface area contributed by atoms with Crippen LogP contribution in [0.15, 0.2) is 39.3 Å². The lowest BCUT2D eigenvalue weighted by Crippen LogP contribution is -2.10. The normalized spacial score (nSPS) is 10.9. The molecule has 2 aromatic rings. The third-order valence-corrected chi connectivity index (χ3v) is 4.43. The predicted octanol–water partition coefficient (Wildman–Crippen LogP) is 6.92. The van der Waals surface area contributed by atoms with Gasteiger partial charge in [-0.2, -0.15) is 0 Å². The molecule has 0 aliphatic heterocycles. The molecule has 0 heterocycles. The van der Waals surface area contributed by atoms with E-state index in [4.69, 9.17) is 27.9 Å².